The van der Waals surface area contributed by atoms with Gasteiger partial charge in [-0.05, 0) is 36.8 Å². The summed E-state index contributed by atoms with van der Waals surface area (Å²) in [7, 11) is 0. The zero-order chi connectivity index (χ0) is 23.8. The fourth-order valence-electron chi connectivity index (χ4n) is 3.36. The molecule has 1 amide bonds. The number of carbonyl (C=O) groups excluding carboxylic acids is 2. The average Bonchev–Trinajstić information content (AvgIpc) is 2.82. The number of nitrogens with one attached hydrogen (secondary N) is 2. The highest BCUT2D eigenvalue weighted by atomic mass is 32.2. The Morgan fingerprint density at radius 1 is 1.24 bits per heavy atom. The topological polar surface area (TPSA) is 91.2 Å². The Morgan fingerprint density at radius 2 is 1.94 bits per heavy atom. The van der Waals surface area contributed by atoms with E-state index in [2.05, 4.69) is 23.3 Å². The summed E-state index contributed by atoms with van der Waals surface area (Å²) in [5.41, 5.74) is 2.42. The minimum absolute atomic E-state index is 0.00984. The van der Waals surface area contributed by atoms with Gasteiger partial charge >= 0.3 is 5.97 Å². The van der Waals surface area contributed by atoms with Crippen LogP contribution in [0.1, 0.15) is 18.4 Å². The van der Waals surface area contributed by atoms with Gasteiger partial charge in [-0.3, -0.25) is 4.79 Å². The largest absolute Gasteiger partial charge is 0.458 e. The molecule has 0 saturated carbocycles. The predicted octanol–water partition coefficient (Wildman–Crippen LogP) is 4.62. The number of amides is 1. The summed E-state index contributed by atoms with van der Waals surface area (Å²) in [6, 6.07) is 16.8. The maximum absolute atomic E-state index is 13.1. The maximum Gasteiger partial charge on any atom is 0.337 e. The molecule has 0 saturated heterocycles. The summed E-state index contributed by atoms with van der Waals surface area (Å²) >= 11 is 1.15. The van der Waals surface area contributed by atoms with Crippen molar-refractivity contribution in [3.63, 3.8) is 0 Å². The quantitative estimate of drug-likeness (QED) is 0.438. The number of thioether (sulfide) groups is 1. The monoisotopic (exact) mass is 463 g/mol. The number of anilines is 1. The van der Waals surface area contributed by atoms with E-state index < -0.39 is 17.7 Å². The average molecular weight is 464 g/mol. The van der Waals surface area contributed by atoms with E-state index in [1.165, 1.54) is 30.3 Å². The van der Waals surface area contributed by atoms with Crippen molar-refractivity contribution < 1.29 is 18.7 Å². The van der Waals surface area contributed by atoms with Gasteiger partial charge in [-0.25, -0.2) is 9.18 Å². The molecule has 0 aromatic heterocycles. The molecule has 1 unspecified atom stereocenters. The molecule has 1 aliphatic rings. The molecule has 168 valence electrons. The molecule has 0 spiro atoms. The summed E-state index contributed by atoms with van der Waals surface area (Å²) in [6.07, 6.45) is 1.48. The van der Waals surface area contributed by atoms with Crippen molar-refractivity contribution in [3.05, 3.63) is 101 Å². The van der Waals surface area contributed by atoms with Crippen molar-refractivity contribution >= 4 is 29.3 Å². The van der Waals surface area contributed by atoms with E-state index in [-0.39, 0.29) is 18.3 Å². The molecule has 6 nitrogen and oxygen atoms in total. The Hall–Kier alpha value is -3.83. The Balaban J connectivity index is 1.86. The maximum atomic E-state index is 13.1. The summed E-state index contributed by atoms with van der Waals surface area (Å²) in [5, 5.41) is 16.3. The fourth-order valence-corrected chi connectivity index (χ4v) is 4.25. The van der Waals surface area contributed by atoms with Crippen LogP contribution in [0.15, 0.2) is 89.1 Å². The number of carbonyl (C=O) groups is 2. The first kappa shape index (κ1) is 23.8. The van der Waals surface area contributed by atoms with Gasteiger partial charge in [0.15, 0.2) is 0 Å². The molecule has 0 fully saturated rings. The third-order valence-electron chi connectivity index (χ3n) is 4.81. The number of hydrogen-bond donors (Lipinski definition) is 2. The zero-order valence-corrected chi connectivity index (χ0v) is 18.7. The minimum Gasteiger partial charge on any atom is -0.458 e. The van der Waals surface area contributed by atoms with Crippen LogP contribution in [-0.2, 0) is 14.3 Å². The normalized spacial score (nSPS) is 15.4. The van der Waals surface area contributed by atoms with Gasteiger partial charge in [0.25, 0.3) is 0 Å². The van der Waals surface area contributed by atoms with Crippen LogP contribution in [-0.4, -0.2) is 24.2 Å². The lowest BCUT2D eigenvalue weighted by molar-refractivity contribution is -0.138. The second kappa shape index (κ2) is 11.2. The number of ether oxygens (including phenoxy) is 1. The van der Waals surface area contributed by atoms with E-state index in [9.17, 15) is 19.2 Å². The molecule has 0 radical (unpaired) electrons. The number of nitriles is 1. The van der Waals surface area contributed by atoms with Crippen LogP contribution in [0.2, 0.25) is 0 Å². The Bertz CT molecular complexity index is 1150. The van der Waals surface area contributed by atoms with Gasteiger partial charge in [0, 0.05) is 11.4 Å². The number of benzene rings is 2. The van der Waals surface area contributed by atoms with Crippen molar-refractivity contribution in [3.8, 4) is 6.07 Å². The molecule has 1 atom stereocenters. The lowest BCUT2D eigenvalue weighted by Gasteiger charge is -2.29. The Kier molecular flexibility index (Phi) is 8.06. The van der Waals surface area contributed by atoms with E-state index in [0.717, 1.165) is 17.3 Å². The number of allylic oxidation sites excluding steroid dienone is 2. The smallest absolute Gasteiger partial charge is 0.337 e. The molecule has 1 aliphatic heterocycles. The summed E-state index contributed by atoms with van der Waals surface area (Å²) < 4.78 is 18.3. The van der Waals surface area contributed by atoms with Gasteiger partial charge in [-0.15, -0.1) is 0 Å². The lowest BCUT2D eigenvalue weighted by Crippen LogP contribution is -2.29. The van der Waals surface area contributed by atoms with Crippen LogP contribution in [0.5, 0.6) is 0 Å². The molecule has 0 aliphatic carbocycles. The zero-order valence-electron chi connectivity index (χ0n) is 17.9. The molecule has 0 bridgehead atoms. The van der Waals surface area contributed by atoms with Gasteiger partial charge < -0.3 is 15.4 Å². The van der Waals surface area contributed by atoms with Gasteiger partial charge in [0.1, 0.15) is 12.4 Å². The molecule has 3 rings (SSSR count). The van der Waals surface area contributed by atoms with E-state index in [4.69, 9.17) is 4.74 Å². The first-order valence-corrected chi connectivity index (χ1v) is 11.1. The van der Waals surface area contributed by atoms with Gasteiger partial charge in [0.2, 0.25) is 5.91 Å². The van der Waals surface area contributed by atoms with Crippen LogP contribution in [0, 0.1) is 17.1 Å². The highest BCUT2D eigenvalue weighted by Gasteiger charge is 2.35. The third kappa shape index (κ3) is 5.90. The minimum atomic E-state index is -0.641. The van der Waals surface area contributed by atoms with Crippen molar-refractivity contribution in [2.45, 2.75) is 12.8 Å². The standard InChI is InChI=1S/C25H22FN3O3S/c1-3-13-32-25(31)22-16(2)28-24(20(14-27)23(22)17-7-5-4-6-8-17)33-15-21(30)29-19-11-9-18(26)10-12-19/h3-12,23,28H,1,13,15H2,2H3,(H,29,30). The number of esters is 1. The van der Waals surface area contributed by atoms with Crippen LogP contribution in [0.25, 0.3) is 0 Å². The summed E-state index contributed by atoms with van der Waals surface area (Å²) in [4.78, 5) is 25.2. The van der Waals surface area contributed by atoms with Gasteiger partial charge in [-0.2, -0.15) is 5.26 Å². The second-order valence-electron chi connectivity index (χ2n) is 7.09. The molecule has 1 heterocycles. The lowest BCUT2D eigenvalue weighted by atomic mass is 9.82. The number of rotatable bonds is 8. The van der Waals surface area contributed by atoms with Crippen LogP contribution in [0.3, 0.4) is 0 Å². The number of nitrogens with zero attached hydrogens (tertiary/aromatic N) is 1. The van der Waals surface area contributed by atoms with Crippen LogP contribution < -0.4 is 10.6 Å². The predicted molar refractivity (Wildman–Crippen MR) is 126 cm³/mol. The van der Waals surface area contributed by atoms with E-state index >= 15 is 0 Å². The second-order valence-corrected chi connectivity index (χ2v) is 8.08. The van der Waals surface area contributed by atoms with Crippen molar-refractivity contribution in [2.24, 2.45) is 0 Å². The van der Waals surface area contributed by atoms with Gasteiger partial charge in [0.05, 0.1) is 33.9 Å². The Morgan fingerprint density at radius 3 is 2.58 bits per heavy atom. The molecular formula is C25H22FN3O3S. The summed E-state index contributed by atoms with van der Waals surface area (Å²) in [6.45, 7) is 5.34. The van der Waals surface area contributed by atoms with E-state index in [1.807, 2.05) is 30.3 Å². The van der Waals surface area contributed by atoms with E-state index in [1.54, 1.807) is 6.92 Å². The number of dihydropyridines is 1. The molecule has 2 N–H and O–H groups in total. The summed E-state index contributed by atoms with van der Waals surface area (Å²) in [5.74, 6) is -1.88. The molecule has 2 aromatic rings. The molecule has 33 heavy (non-hydrogen) atoms. The SMILES string of the molecule is C=CCOC(=O)C1=C(C)NC(SCC(=O)Nc2ccc(F)cc2)=C(C#N)C1c1ccccc1. The van der Waals surface area contributed by atoms with Crippen LogP contribution in [0.4, 0.5) is 10.1 Å². The number of hydrogen-bond acceptors (Lipinski definition) is 6. The third-order valence-corrected chi connectivity index (χ3v) is 5.83. The number of halogens is 1. The molecule has 2 aromatic carbocycles. The highest BCUT2D eigenvalue weighted by Crippen LogP contribution is 2.40. The first-order valence-electron chi connectivity index (χ1n) is 10.1. The highest BCUT2D eigenvalue weighted by molar-refractivity contribution is 8.03. The van der Waals surface area contributed by atoms with Gasteiger partial charge in [-0.1, -0.05) is 54.7 Å². The molecule has 8 heteroatoms. The van der Waals surface area contributed by atoms with Crippen molar-refractivity contribution in [2.75, 3.05) is 17.7 Å². The van der Waals surface area contributed by atoms with Crippen molar-refractivity contribution in [1.29, 1.82) is 5.26 Å². The van der Waals surface area contributed by atoms with Crippen LogP contribution >= 0.6 is 11.8 Å². The van der Waals surface area contributed by atoms with E-state index in [0.29, 0.717) is 27.6 Å². The Labute approximate surface area is 195 Å². The molecular weight excluding hydrogens is 441 g/mol. The van der Waals surface area contributed by atoms with Crippen molar-refractivity contribution in [1.82, 2.24) is 5.32 Å². The first-order chi connectivity index (χ1) is 15.9. The fraction of sp³-hybridized carbons (Fsp3) is 0.160.